The van der Waals surface area contributed by atoms with Gasteiger partial charge in [-0.2, -0.15) is 13.2 Å². The summed E-state index contributed by atoms with van der Waals surface area (Å²) in [5, 5.41) is 10.3. The minimum atomic E-state index is -4.66. The smallest absolute Gasteiger partial charge is 0.417 e. The molecular weight excluding hydrogens is 185 g/mol. The fraction of sp³-hybridized carbons (Fsp3) is 0.125. The first kappa shape index (κ1) is 9.57. The summed E-state index contributed by atoms with van der Waals surface area (Å²) < 4.78 is 36.4. The van der Waals surface area contributed by atoms with Crippen LogP contribution < -0.4 is 5.11 Å². The molecule has 1 aromatic rings. The van der Waals surface area contributed by atoms with Gasteiger partial charge in [0.2, 0.25) is 0 Å². The Morgan fingerprint density at radius 2 is 1.77 bits per heavy atom. The second kappa shape index (κ2) is 3.08. The highest BCUT2D eigenvalue weighted by Gasteiger charge is 2.33. The molecule has 0 unspecified atom stereocenters. The monoisotopic (exact) mass is 189 g/mol. The minimum Gasteiger partial charge on any atom is -0.545 e. The Morgan fingerprint density at radius 1 is 1.23 bits per heavy atom. The molecular formula is C8H4F3O2-. The Morgan fingerprint density at radius 3 is 2.15 bits per heavy atom. The maximum absolute atomic E-state index is 12.1. The van der Waals surface area contributed by atoms with Gasteiger partial charge in [-0.1, -0.05) is 18.2 Å². The second-order valence-electron chi connectivity index (χ2n) is 2.33. The van der Waals surface area contributed by atoms with Crippen LogP contribution in [0, 0.1) is 0 Å². The predicted octanol–water partition coefficient (Wildman–Crippen LogP) is 1.07. The normalized spacial score (nSPS) is 11.3. The average Bonchev–Trinajstić information content (AvgIpc) is 2.03. The maximum atomic E-state index is 12.1. The lowest BCUT2D eigenvalue weighted by atomic mass is 10.1. The molecule has 70 valence electrons. The summed E-state index contributed by atoms with van der Waals surface area (Å²) in [6.45, 7) is 0. The Hall–Kier alpha value is -1.52. The van der Waals surface area contributed by atoms with E-state index < -0.39 is 23.3 Å². The molecule has 0 aromatic heterocycles. The van der Waals surface area contributed by atoms with Crippen LogP contribution in [-0.2, 0) is 6.18 Å². The zero-order chi connectivity index (χ0) is 10.1. The van der Waals surface area contributed by atoms with Crippen LogP contribution in [0.1, 0.15) is 15.9 Å². The molecule has 0 saturated heterocycles. The molecule has 0 aliphatic carbocycles. The number of carboxylic acids is 1. The number of benzene rings is 1. The summed E-state index contributed by atoms with van der Waals surface area (Å²) in [5.41, 5.74) is -2.02. The van der Waals surface area contributed by atoms with Gasteiger partial charge in [0, 0.05) is 5.56 Å². The second-order valence-corrected chi connectivity index (χ2v) is 2.33. The van der Waals surface area contributed by atoms with E-state index in [1.54, 1.807) is 0 Å². The van der Waals surface area contributed by atoms with Gasteiger partial charge in [-0.3, -0.25) is 0 Å². The van der Waals surface area contributed by atoms with Crippen LogP contribution in [0.3, 0.4) is 0 Å². The zero-order valence-corrected chi connectivity index (χ0v) is 6.26. The lowest BCUT2D eigenvalue weighted by Crippen LogP contribution is -2.25. The van der Waals surface area contributed by atoms with Crippen molar-refractivity contribution in [3.05, 3.63) is 35.4 Å². The van der Waals surface area contributed by atoms with Crippen molar-refractivity contribution in [1.29, 1.82) is 0 Å². The molecule has 0 atom stereocenters. The summed E-state index contributed by atoms with van der Waals surface area (Å²) in [5.74, 6) is -1.83. The summed E-state index contributed by atoms with van der Waals surface area (Å²) in [6, 6.07) is 3.89. The van der Waals surface area contributed by atoms with Crippen molar-refractivity contribution in [1.82, 2.24) is 0 Å². The van der Waals surface area contributed by atoms with Gasteiger partial charge in [0.05, 0.1) is 11.5 Å². The molecule has 2 nitrogen and oxygen atoms in total. The fourth-order valence-electron chi connectivity index (χ4n) is 0.908. The van der Waals surface area contributed by atoms with Crippen molar-refractivity contribution in [2.45, 2.75) is 6.18 Å². The number of carbonyl (C=O) groups excluding carboxylic acids is 1. The third kappa shape index (κ3) is 1.99. The Kier molecular flexibility index (Phi) is 2.27. The van der Waals surface area contributed by atoms with Crippen molar-refractivity contribution in [3.63, 3.8) is 0 Å². The molecule has 1 aromatic carbocycles. The Labute approximate surface area is 71.6 Å². The molecule has 1 rings (SSSR count). The molecule has 0 radical (unpaired) electrons. The van der Waals surface area contributed by atoms with Crippen molar-refractivity contribution in [2.24, 2.45) is 0 Å². The van der Waals surface area contributed by atoms with Crippen LogP contribution in [0.4, 0.5) is 13.2 Å². The van der Waals surface area contributed by atoms with E-state index in [9.17, 15) is 23.1 Å². The number of halogens is 3. The lowest BCUT2D eigenvalue weighted by Gasteiger charge is -2.12. The number of hydrogen-bond acceptors (Lipinski definition) is 2. The van der Waals surface area contributed by atoms with E-state index in [4.69, 9.17) is 0 Å². The maximum Gasteiger partial charge on any atom is 0.417 e. The summed E-state index contributed by atoms with van der Waals surface area (Å²) >= 11 is 0. The summed E-state index contributed by atoms with van der Waals surface area (Å²) in [7, 11) is 0. The third-order valence-corrected chi connectivity index (χ3v) is 1.45. The van der Waals surface area contributed by atoms with E-state index in [2.05, 4.69) is 0 Å². The minimum absolute atomic E-state index is 0.700. The first-order valence-corrected chi connectivity index (χ1v) is 3.30. The van der Waals surface area contributed by atoms with Gasteiger partial charge in [0.25, 0.3) is 0 Å². The van der Waals surface area contributed by atoms with Crippen LogP contribution >= 0.6 is 0 Å². The van der Waals surface area contributed by atoms with Crippen LogP contribution in [-0.4, -0.2) is 5.97 Å². The van der Waals surface area contributed by atoms with Gasteiger partial charge >= 0.3 is 6.18 Å². The molecule has 0 aliphatic rings. The highest BCUT2D eigenvalue weighted by molar-refractivity contribution is 5.87. The van der Waals surface area contributed by atoms with E-state index in [0.717, 1.165) is 12.1 Å². The Bertz CT molecular complexity index is 330. The lowest BCUT2D eigenvalue weighted by molar-refractivity contribution is -0.255. The molecule has 0 amide bonds. The van der Waals surface area contributed by atoms with Gasteiger partial charge in [0.15, 0.2) is 0 Å². The van der Waals surface area contributed by atoms with E-state index in [1.165, 1.54) is 6.07 Å². The highest BCUT2D eigenvalue weighted by Crippen LogP contribution is 2.31. The number of carboxylic acid groups (broad SMARTS) is 1. The van der Waals surface area contributed by atoms with E-state index in [1.807, 2.05) is 0 Å². The molecule has 0 saturated carbocycles. The molecule has 0 N–H and O–H groups in total. The van der Waals surface area contributed by atoms with Gasteiger partial charge in [-0.25, -0.2) is 0 Å². The summed E-state index contributed by atoms with van der Waals surface area (Å²) in [6.07, 6.45) is -4.66. The fourth-order valence-corrected chi connectivity index (χ4v) is 0.908. The first-order valence-electron chi connectivity index (χ1n) is 3.30. The number of aromatic carboxylic acids is 1. The number of rotatable bonds is 1. The van der Waals surface area contributed by atoms with E-state index in [-0.39, 0.29) is 0 Å². The molecule has 0 spiro atoms. The van der Waals surface area contributed by atoms with E-state index in [0.29, 0.717) is 6.07 Å². The van der Waals surface area contributed by atoms with Crippen molar-refractivity contribution < 1.29 is 23.1 Å². The quantitative estimate of drug-likeness (QED) is 0.662. The van der Waals surface area contributed by atoms with Gasteiger partial charge in [-0.15, -0.1) is 0 Å². The molecule has 13 heavy (non-hydrogen) atoms. The standard InChI is InChI=1S/C8H5F3O2/c9-8(10,11)6-4-2-1-3-5(6)7(12)13/h1-4H,(H,12,13)/p-1. The largest absolute Gasteiger partial charge is 0.545 e. The number of hydrogen-bond donors (Lipinski definition) is 0. The summed E-state index contributed by atoms with van der Waals surface area (Å²) in [4.78, 5) is 10.3. The molecule has 5 heteroatoms. The third-order valence-electron chi connectivity index (χ3n) is 1.45. The average molecular weight is 189 g/mol. The van der Waals surface area contributed by atoms with Crippen molar-refractivity contribution in [2.75, 3.05) is 0 Å². The van der Waals surface area contributed by atoms with Gasteiger partial charge in [-0.05, 0) is 6.07 Å². The SMILES string of the molecule is O=C([O-])c1ccccc1C(F)(F)F. The van der Waals surface area contributed by atoms with Crippen molar-refractivity contribution in [3.8, 4) is 0 Å². The molecule has 0 fully saturated rings. The van der Waals surface area contributed by atoms with Crippen molar-refractivity contribution >= 4 is 5.97 Å². The van der Waals surface area contributed by atoms with Crippen LogP contribution in [0.5, 0.6) is 0 Å². The zero-order valence-electron chi connectivity index (χ0n) is 6.26. The highest BCUT2D eigenvalue weighted by atomic mass is 19.4. The number of alkyl halides is 3. The van der Waals surface area contributed by atoms with Crippen LogP contribution in [0.2, 0.25) is 0 Å². The topological polar surface area (TPSA) is 40.1 Å². The predicted molar refractivity (Wildman–Crippen MR) is 35.8 cm³/mol. The number of carbonyl (C=O) groups is 1. The van der Waals surface area contributed by atoms with Gasteiger partial charge < -0.3 is 9.90 Å². The van der Waals surface area contributed by atoms with Crippen LogP contribution in [0.15, 0.2) is 24.3 Å². The van der Waals surface area contributed by atoms with Crippen LogP contribution in [0.25, 0.3) is 0 Å². The van der Waals surface area contributed by atoms with Gasteiger partial charge in [0.1, 0.15) is 0 Å². The molecule has 0 heterocycles. The van der Waals surface area contributed by atoms with E-state index >= 15 is 0 Å². The Balaban J connectivity index is 3.28. The first-order chi connectivity index (χ1) is 5.93. The molecule has 0 aliphatic heterocycles. The molecule has 0 bridgehead atoms.